The molecular weight excluding hydrogens is 747 g/mol. The van der Waals surface area contributed by atoms with Crippen LogP contribution in [0.2, 0.25) is 10.0 Å². The summed E-state index contributed by atoms with van der Waals surface area (Å²) in [6.45, 7) is 1.49. The minimum atomic E-state index is -1.91. The van der Waals surface area contributed by atoms with Gasteiger partial charge in [-0.2, -0.15) is 0 Å². The zero-order chi connectivity index (χ0) is 39.4. The first-order valence-electron chi connectivity index (χ1n) is 18.1. The fourth-order valence-corrected chi connectivity index (χ4v) is 7.50. The summed E-state index contributed by atoms with van der Waals surface area (Å²) in [6, 6.07) is 43.6. The average molecular weight is 786 g/mol. The van der Waals surface area contributed by atoms with E-state index in [1.165, 1.54) is 9.80 Å². The highest BCUT2D eigenvalue weighted by Crippen LogP contribution is 2.38. The maximum atomic E-state index is 14.5. The molecule has 56 heavy (non-hydrogen) atoms. The Balaban J connectivity index is 1.25. The van der Waals surface area contributed by atoms with E-state index in [9.17, 15) is 24.6 Å². The van der Waals surface area contributed by atoms with Crippen molar-refractivity contribution in [2.75, 3.05) is 0 Å². The van der Waals surface area contributed by atoms with Gasteiger partial charge in [-0.15, -0.1) is 0 Å². The number of carboxylic acid groups (broad SMARTS) is 1. The summed E-state index contributed by atoms with van der Waals surface area (Å²) in [5.41, 5.74) is 3.93. The van der Waals surface area contributed by atoms with Crippen molar-refractivity contribution in [2.24, 2.45) is 0 Å². The molecule has 0 saturated carbocycles. The Bertz CT molecular complexity index is 2220. The lowest BCUT2D eigenvalue weighted by Crippen LogP contribution is -2.51. The topological polar surface area (TPSA) is 107 Å². The van der Waals surface area contributed by atoms with Crippen LogP contribution >= 0.6 is 23.2 Å². The summed E-state index contributed by atoms with van der Waals surface area (Å²) in [5.74, 6) is -2.32. The van der Waals surface area contributed by atoms with E-state index in [1.54, 1.807) is 104 Å². The smallest absolute Gasteiger partial charge is 0.332 e. The van der Waals surface area contributed by atoms with Crippen LogP contribution in [0, 0.1) is 0 Å². The fourth-order valence-electron chi connectivity index (χ4n) is 7.24. The number of halogens is 2. The first kappa shape index (κ1) is 38.3. The number of amides is 2. The molecule has 1 saturated heterocycles. The van der Waals surface area contributed by atoms with Crippen LogP contribution in [0.5, 0.6) is 0 Å². The molecule has 0 unspecified atom stereocenters. The zero-order valence-corrected chi connectivity index (χ0v) is 31.8. The summed E-state index contributed by atoms with van der Waals surface area (Å²) in [5, 5.41) is 24.7. The Morgan fingerprint density at radius 2 is 0.964 bits per heavy atom. The molecule has 2 amide bonds. The van der Waals surface area contributed by atoms with Crippen molar-refractivity contribution in [3.8, 4) is 22.3 Å². The standard InChI is InChI=1S/C46H38Cl2N2O6/c1-30(56-44(53)42-41(43(51)52)49(28-31-8-4-2-5-9-31)45(54)50(42)29-32-10-6-3-7-11-32)46(55,37-20-12-33(13-21-37)35-16-24-39(47)25-17-35)38-22-14-34(15-23-38)36-18-26-40(48)27-19-36/h2-27,30,41-42,55H,28-29H2,1H3,(H,51,52)/t30-,41-,42+/m0/s1. The van der Waals surface area contributed by atoms with Crippen LogP contribution in [0.1, 0.15) is 29.2 Å². The van der Waals surface area contributed by atoms with Crippen molar-refractivity contribution in [2.45, 2.75) is 43.8 Å². The molecule has 1 aliphatic rings. The molecule has 6 aromatic carbocycles. The first-order valence-corrected chi connectivity index (χ1v) is 18.8. The second-order valence-electron chi connectivity index (χ2n) is 13.8. The Kier molecular flexibility index (Phi) is 11.3. The minimum Gasteiger partial charge on any atom is -0.480 e. The molecule has 0 aromatic heterocycles. The van der Waals surface area contributed by atoms with Gasteiger partial charge in [0.1, 0.15) is 6.10 Å². The van der Waals surface area contributed by atoms with Crippen molar-refractivity contribution in [1.29, 1.82) is 0 Å². The number of aliphatic hydroxyl groups is 1. The summed E-state index contributed by atoms with van der Waals surface area (Å²) >= 11 is 12.2. The van der Waals surface area contributed by atoms with Gasteiger partial charge in [-0.05, 0) is 75.7 Å². The number of aliphatic carboxylic acids is 1. The van der Waals surface area contributed by atoms with Crippen LogP contribution in [0.3, 0.4) is 0 Å². The quantitative estimate of drug-likeness (QED) is 0.120. The Labute approximate surface area is 335 Å². The lowest BCUT2D eigenvalue weighted by Gasteiger charge is -2.36. The van der Waals surface area contributed by atoms with Gasteiger partial charge in [0.25, 0.3) is 0 Å². The highest BCUT2D eigenvalue weighted by atomic mass is 35.5. The normalized spacial score (nSPS) is 16.1. The molecule has 3 atom stereocenters. The highest BCUT2D eigenvalue weighted by molar-refractivity contribution is 6.30. The number of hydrogen-bond acceptors (Lipinski definition) is 5. The molecule has 8 nitrogen and oxygen atoms in total. The van der Waals surface area contributed by atoms with Crippen LogP contribution in [0.4, 0.5) is 4.79 Å². The van der Waals surface area contributed by atoms with E-state index in [1.807, 2.05) is 60.7 Å². The molecule has 1 aliphatic heterocycles. The van der Waals surface area contributed by atoms with Crippen LogP contribution in [-0.4, -0.2) is 56.2 Å². The number of benzene rings is 6. The number of esters is 1. The predicted molar refractivity (Wildman–Crippen MR) is 217 cm³/mol. The third-order valence-corrected chi connectivity index (χ3v) is 10.7. The zero-order valence-electron chi connectivity index (χ0n) is 30.3. The number of rotatable bonds is 12. The molecular formula is C46H38Cl2N2O6. The monoisotopic (exact) mass is 784 g/mol. The molecule has 6 aromatic rings. The van der Waals surface area contributed by atoms with Crippen LogP contribution in [0.15, 0.2) is 158 Å². The third-order valence-electron chi connectivity index (χ3n) is 10.2. The number of carbonyl (C=O) groups is 3. The van der Waals surface area contributed by atoms with Crippen LogP contribution in [0.25, 0.3) is 22.3 Å². The molecule has 1 heterocycles. The molecule has 1 fully saturated rings. The molecule has 7 rings (SSSR count). The van der Waals surface area contributed by atoms with E-state index >= 15 is 0 Å². The van der Waals surface area contributed by atoms with Gasteiger partial charge in [0.15, 0.2) is 17.7 Å². The van der Waals surface area contributed by atoms with Crippen molar-refractivity contribution in [3.63, 3.8) is 0 Å². The number of urea groups is 1. The number of ether oxygens (including phenoxy) is 1. The number of carbonyl (C=O) groups excluding carboxylic acids is 2. The van der Waals surface area contributed by atoms with E-state index < -0.39 is 41.8 Å². The SMILES string of the molecule is C[C@H](OC(=O)[C@H]1[C@@H](C(=O)O)N(Cc2ccccc2)C(=O)N1Cc1ccccc1)C(O)(c1ccc(-c2ccc(Cl)cc2)cc1)c1ccc(-c2ccc(Cl)cc2)cc1. The molecule has 282 valence electrons. The largest absolute Gasteiger partial charge is 0.480 e. The summed E-state index contributed by atoms with van der Waals surface area (Å²) in [7, 11) is 0. The van der Waals surface area contributed by atoms with Gasteiger partial charge in [0, 0.05) is 23.1 Å². The molecule has 0 radical (unpaired) electrons. The minimum absolute atomic E-state index is 0.0362. The van der Waals surface area contributed by atoms with E-state index in [0.717, 1.165) is 22.3 Å². The lowest BCUT2D eigenvalue weighted by atomic mass is 9.81. The molecule has 10 heteroatoms. The maximum Gasteiger partial charge on any atom is 0.332 e. The Hall–Kier alpha value is -5.93. The second-order valence-corrected chi connectivity index (χ2v) is 14.6. The van der Waals surface area contributed by atoms with Gasteiger partial charge in [-0.3, -0.25) is 0 Å². The third kappa shape index (κ3) is 7.91. The van der Waals surface area contributed by atoms with E-state index in [0.29, 0.717) is 32.3 Å². The molecule has 0 aliphatic carbocycles. The molecule has 0 bridgehead atoms. The van der Waals surface area contributed by atoms with Gasteiger partial charge in [0.2, 0.25) is 0 Å². The van der Waals surface area contributed by atoms with Crippen molar-refractivity contribution in [3.05, 3.63) is 190 Å². The van der Waals surface area contributed by atoms with Gasteiger partial charge >= 0.3 is 18.0 Å². The van der Waals surface area contributed by atoms with Crippen LogP contribution in [-0.2, 0) is 33.0 Å². The maximum absolute atomic E-state index is 14.5. The summed E-state index contributed by atoms with van der Waals surface area (Å²) < 4.78 is 6.16. The number of hydrogen-bond donors (Lipinski definition) is 2. The molecule has 0 spiro atoms. The number of nitrogens with zero attached hydrogens (tertiary/aromatic N) is 2. The van der Waals surface area contributed by atoms with Crippen LogP contribution < -0.4 is 0 Å². The van der Waals surface area contributed by atoms with Gasteiger partial charge in [0.05, 0.1) is 0 Å². The molecule has 2 N–H and O–H groups in total. The van der Waals surface area contributed by atoms with Gasteiger partial charge < -0.3 is 24.7 Å². The average Bonchev–Trinajstić information content (AvgIpc) is 3.49. The summed E-state index contributed by atoms with van der Waals surface area (Å²) in [4.78, 5) is 44.1. The van der Waals surface area contributed by atoms with Crippen molar-refractivity contribution < 1.29 is 29.3 Å². The van der Waals surface area contributed by atoms with Gasteiger partial charge in [-0.1, -0.05) is 157 Å². The van der Waals surface area contributed by atoms with Gasteiger partial charge in [-0.25, -0.2) is 14.4 Å². The van der Waals surface area contributed by atoms with E-state index in [4.69, 9.17) is 27.9 Å². The van der Waals surface area contributed by atoms with E-state index in [2.05, 4.69) is 0 Å². The Morgan fingerprint density at radius 1 is 0.607 bits per heavy atom. The fraction of sp³-hybridized carbons (Fsp3) is 0.152. The first-order chi connectivity index (χ1) is 27.0. The van der Waals surface area contributed by atoms with Crippen molar-refractivity contribution >= 4 is 41.2 Å². The predicted octanol–water partition coefficient (Wildman–Crippen LogP) is 9.45. The Morgan fingerprint density at radius 3 is 1.34 bits per heavy atom. The van der Waals surface area contributed by atoms with Crippen molar-refractivity contribution in [1.82, 2.24) is 9.80 Å². The number of carboxylic acids is 1. The highest BCUT2D eigenvalue weighted by Gasteiger charge is 2.55. The lowest BCUT2D eigenvalue weighted by molar-refractivity contribution is -0.168. The summed E-state index contributed by atoms with van der Waals surface area (Å²) in [6.07, 6.45) is -1.26. The second kappa shape index (κ2) is 16.4. The van der Waals surface area contributed by atoms with E-state index in [-0.39, 0.29) is 13.1 Å².